The highest BCUT2D eigenvalue weighted by Crippen LogP contribution is 2.28. The van der Waals surface area contributed by atoms with E-state index >= 15 is 0 Å². The summed E-state index contributed by atoms with van der Waals surface area (Å²) in [5, 5.41) is 10.2. The van der Waals surface area contributed by atoms with Gasteiger partial charge in [0.2, 0.25) is 5.91 Å². The molecule has 0 aromatic heterocycles. The number of esters is 1. The number of fused-ring (bicyclic) bond motifs is 1. The maximum Gasteiger partial charge on any atom is 0.307 e. The molecular weight excluding hydrogens is 426 g/mol. The van der Waals surface area contributed by atoms with Crippen LogP contribution in [-0.4, -0.2) is 61.2 Å². The number of benzene rings is 2. The number of hydrogen-bond donors (Lipinski definition) is 3. The molecule has 0 unspecified atom stereocenters. The van der Waals surface area contributed by atoms with Crippen LogP contribution in [0.15, 0.2) is 42.5 Å². The summed E-state index contributed by atoms with van der Waals surface area (Å²) in [6.07, 6.45) is -0.0329. The van der Waals surface area contributed by atoms with Crippen molar-refractivity contribution < 1.29 is 23.9 Å². The molecule has 1 heterocycles. The molecule has 0 atom stereocenters. The van der Waals surface area contributed by atoms with E-state index in [0.717, 1.165) is 0 Å². The van der Waals surface area contributed by atoms with Crippen LogP contribution < -0.4 is 16.0 Å². The normalized spacial score (nSPS) is 13.3. The van der Waals surface area contributed by atoms with Gasteiger partial charge in [-0.1, -0.05) is 12.1 Å². The molecular formula is C23H25N5O5. The van der Waals surface area contributed by atoms with E-state index in [1.54, 1.807) is 44.3 Å². The zero-order valence-corrected chi connectivity index (χ0v) is 18.4. The number of amidine groups is 1. The number of amides is 3. The second-order valence-corrected chi connectivity index (χ2v) is 7.42. The monoisotopic (exact) mass is 451 g/mol. The predicted molar refractivity (Wildman–Crippen MR) is 122 cm³/mol. The van der Waals surface area contributed by atoms with Gasteiger partial charge >= 0.3 is 5.97 Å². The minimum atomic E-state index is -0.454. The maximum atomic E-state index is 13.2. The number of carbonyl (C=O) groups excluding carboxylic acids is 4. The van der Waals surface area contributed by atoms with Crippen molar-refractivity contribution in [3.05, 3.63) is 59.2 Å². The van der Waals surface area contributed by atoms with E-state index in [0.29, 0.717) is 22.5 Å². The summed E-state index contributed by atoms with van der Waals surface area (Å²) in [6.45, 7) is 1.78. The quantitative estimate of drug-likeness (QED) is 0.331. The van der Waals surface area contributed by atoms with Crippen molar-refractivity contribution >= 4 is 40.9 Å². The summed E-state index contributed by atoms with van der Waals surface area (Å²) >= 11 is 0. The molecule has 0 fully saturated rings. The van der Waals surface area contributed by atoms with Crippen molar-refractivity contribution in [3.8, 4) is 0 Å². The fraction of sp³-hybridized carbons (Fsp3) is 0.261. The Bertz CT molecular complexity index is 1130. The van der Waals surface area contributed by atoms with Gasteiger partial charge in [-0.2, -0.15) is 0 Å². The van der Waals surface area contributed by atoms with Crippen LogP contribution in [0.2, 0.25) is 0 Å². The SMILES string of the molecule is CCOC(=O)CCN1CC(=O)N(C)c2ccc(NC(=O)c3cccc(C(=N)N)c3)cc2C1=O. The van der Waals surface area contributed by atoms with Crippen LogP contribution in [-0.2, 0) is 14.3 Å². The third-order valence-electron chi connectivity index (χ3n) is 5.16. The third kappa shape index (κ3) is 5.35. The largest absolute Gasteiger partial charge is 0.466 e. The summed E-state index contributed by atoms with van der Waals surface area (Å²) in [4.78, 5) is 52.8. The Labute approximate surface area is 190 Å². The van der Waals surface area contributed by atoms with Crippen molar-refractivity contribution in [3.63, 3.8) is 0 Å². The molecule has 3 rings (SSSR count). The van der Waals surface area contributed by atoms with Crippen LogP contribution >= 0.6 is 0 Å². The molecule has 2 aromatic rings. The van der Waals surface area contributed by atoms with Crippen LogP contribution in [0.5, 0.6) is 0 Å². The van der Waals surface area contributed by atoms with Gasteiger partial charge in [0.25, 0.3) is 11.8 Å². The molecule has 172 valence electrons. The average Bonchev–Trinajstić information content (AvgIpc) is 2.88. The number of anilines is 2. The van der Waals surface area contributed by atoms with Crippen molar-refractivity contribution in [2.75, 3.05) is 37.0 Å². The second kappa shape index (κ2) is 9.94. The molecule has 3 amide bonds. The topological polar surface area (TPSA) is 146 Å². The smallest absolute Gasteiger partial charge is 0.307 e. The lowest BCUT2D eigenvalue weighted by Crippen LogP contribution is -2.39. The summed E-state index contributed by atoms with van der Waals surface area (Å²) in [7, 11) is 1.56. The lowest BCUT2D eigenvalue weighted by Gasteiger charge is -2.19. The highest BCUT2D eigenvalue weighted by Gasteiger charge is 2.30. The predicted octanol–water partition coefficient (Wildman–Crippen LogP) is 1.59. The standard InChI is InChI=1S/C23H25N5O5/c1-3-33-20(30)9-10-28-13-19(29)27(2)18-8-7-16(12-17(18)23(28)32)26-22(31)15-6-4-5-14(11-15)21(24)25/h4-8,11-12H,3,9-10,13H2,1-2H3,(H3,24,25)(H,26,31). The first-order valence-corrected chi connectivity index (χ1v) is 10.3. The number of nitrogens with one attached hydrogen (secondary N) is 2. The maximum absolute atomic E-state index is 13.2. The molecule has 1 aliphatic heterocycles. The van der Waals surface area contributed by atoms with E-state index in [2.05, 4.69) is 5.32 Å². The Balaban J connectivity index is 1.85. The average molecular weight is 451 g/mol. The number of likely N-dealkylation sites (N-methyl/N-ethyl adjacent to an activating group) is 1. The molecule has 2 aromatic carbocycles. The minimum absolute atomic E-state index is 0.0328. The molecule has 0 saturated heterocycles. The first-order chi connectivity index (χ1) is 15.7. The zero-order chi connectivity index (χ0) is 24.1. The second-order valence-electron chi connectivity index (χ2n) is 7.42. The summed E-state index contributed by atoms with van der Waals surface area (Å²) in [5.74, 6) is -1.78. The third-order valence-corrected chi connectivity index (χ3v) is 5.16. The number of nitrogen functional groups attached to an aromatic ring is 1. The van der Waals surface area contributed by atoms with Gasteiger partial charge < -0.3 is 25.6 Å². The number of hydrogen-bond acceptors (Lipinski definition) is 6. The fourth-order valence-electron chi connectivity index (χ4n) is 3.39. The van der Waals surface area contributed by atoms with Crippen LogP contribution in [0.4, 0.5) is 11.4 Å². The Hall–Kier alpha value is -4.21. The van der Waals surface area contributed by atoms with E-state index in [1.165, 1.54) is 21.9 Å². The van der Waals surface area contributed by atoms with E-state index in [-0.39, 0.29) is 43.4 Å². The highest BCUT2D eigenvalue weighted by molar-refractivity contribution is 6.11. The van der Waals surface area contributed by atoms with E-state index in [4.69, 9.17) is 15.9 Å². The summed E-state index contributed by atoms with van der Waals surface area (Å²) in [5.41, 5.74) is 7.18. The van der Waals surface area contributed by atoms with Crippen molar-refractivity contribution in [2.45, 2.75) is 13.3 Å². The van der Waals surface area contributed by atoms with Crippen LogP contribution in [0.25, 0.3) is 0 Å². The van der Waals surface area contributed by atoms with Crippen molar-refractivity contribution in [2.24, 2.45) is 5.73 Å². The van der Waals surface area contributed by atoms with E-state index in [9.17, 15) is 19.2 Å². The van der Waals surface area contributed by atoms with Gasteiger partial charge in [-0.15, -0.1) is 0 Å². The Morgan fingerprint density at radius 2 is 1.88 bits per heavy atom. The van der Waals surface area contributed by atoms with Crippen LogP contribution in [0.3, 0.4) is 0 Å². The molecule has 0 saturated carbocycles. The molecule has 0 spiro atoms. The first-order valence-electron chi connectivity index (χ1n) is 10.3. The van der Waals surface area contributed by atoms with Crippen molar-refractivity contribution in [1.82, 2.24) is 4.90 Å². The lowest BCUT2D eigenvalue weighted by atomic mass is 10.1. The van der Waals surface area contributed by atoms with E-state index < -0.39 is 17.8 Å². The number of nitrogens with zero attached hydrogens (tertiary/aromatic N) is 2. The van der Waals surface area contributed by atoms with Gasteiger partial charge in [-0.05, 0) is 37.3 Å². The van der Waals surface area contributed by atoms with Crippen molar-refractivity contribution in [1.29, 1.82) is 5.41 Å². The Morgan fingerprint density at radius 3 is 2.58 bits per heavy atom. The van der Waals surface area contributed by atoms with Gasteiger partial charge in [0.05, 0.1) is 24.3 Å². The molecule has 0 bridgehead atoms. The van der Waals surface area contributed by atoms with Gasteiger partial charge in [0.1, 0.15) is 12.4 Å². The van der Waals surface area contributed by atoms with Gasteiger partial charge in [0, 0.05) is 30.4 Å². The number of nitrogens with two attached hydrogens (primary N) is 1. The van der Waals surface area contributed by atoms with Crippen LogP contribution in [0.1, 0.15) is 39.6 Å². The Kier molecular flexibility index (Phi) is 7.07. The molecule has 33 heavy (non-hydrogen) atoms. The van der Waals surface area contributed by atoms with E-state index in [1.807, 2.05) is 0 Å². The van der Waals surface area contributed by atoms with Gasteiger partial charge in [-0.25, -0.2) is 0 Å². The first kappa shape index (κ1) is 23.5. The van der Waals surface area contributed by atoms with Gasteiger partial charge in [0.15, 0.2) is 0 Å². The molecule has 10 nitrogen and oxygen atoms in total. The summed E-state index contributed by atoms with van der Waals surface area (Å²) in [6, 6.07) is 11.0. The molecule has 10 heteroatoms. The fourth-order valence-corrected chi connectivity index (χ4v) is 3.39. The van der Waals surface area contributed by atoms with Gasteiger partial charge in [-0.3, -0.25) is 24.6 Å². The lowest BCUT2D eigenvalue weighted by molar-refractivity contribution is -0.143. The molecule has 1 aliphatic rings. The van der Waals surface area contributed by atoms with Crippen LogP contribution in [0, 0.1) is 5.41 Å². The Morgan fingerprint density at radius 1 is 1.15 bits per heavy atom. The zero-order valence-electron chi connectivity index (χ0n) is 18.4. The number of rotatable bonds is 7. The summed E-state index contributed by atoms with van der Waals surface area (Å²) < 4.78 is 4.90. The molecule has 4 N–H and O–H groups in total. The number of ether oxygens (including phenoxy) is 1. The number of carbonyl (C=O) groups is 4. The minimum Gasteiger partial charge on any atom is -0.466 e. The molecule has 0 radical (unpaired) electrons. The molecule has 0 aliphatic carbocycles. The highest BCUT2D eigenvalue weighted by atomic mass is 16.5.